The van der Waals surface area contributed by atoms with E-state index in [2.05, 4.69) is 10.3 Å². The summed E-state index contributed by atoms with van der Waals surface area (Å²) < 4.78 is 15.5. The summed E-state index contributed by atoms with van der Waals surface area (Å²) in [5, 5.41) is 2.65. The van der Waals surface area contributed by atoms with Gasteiger partial charge in [0.15, 0.2) is 6.61 Å². The molecule has 29 heavy (non-hydrogen) atoms. The van der Waals surface area contributed by atoms with Gasteiger partial charge in [0.25, 0.3) is 5.91 Å². The molecule has 0 saturated carbocycles. The highest BCUT2D eigenvalue weighted by Gasteiger charge is 2.25. The van der Waals surface area contributed by atoms with Gasteiger partial charge in [0.2, 0.25) is 0 Å². The number of hydrogen-bond donors (Lipinski definition) is 2. The molecule has 2 rings (SSSR count). The lowest BCUT2D eigenvalue weighted by Gasteiger charge is -2.11. The van der Waals surface area contributed by atoms with Gasteiger partial charge >= 0.3 is 11.9 Å². The van der Waals surface area contributed by atoms with Crippen LogP contribution in [0, 0.1) is 20.8 Å². The highest BCUT2D eigenvalue weighted by molar-refractivity contribution is 6.00. The summed E-state index contributed by atoms with van der Waals surface area (Å²) >= 11 is 0. The lowest BCUT2D eigenvalue weighted by atomic mass is 10.1. The van der Waals surface area contributed by atoms with Gasteiger partial charge < -0.3 is 24.5 Å². The number of rotatable bonds is 7. The molecule has 1 heterocycles. The van der Waals surface area contributed by atoms with Crippen molar-refractivity contribution in [1.29, 1.82) is 0 Å². The number of anilines is 1. The van der Waals surface area contributed by atoms with Gasteiger partial charge in [-0.15, -0.1) is 0 Å². The number of ether oxygens (including phenoxy) is 3. The van der Waals surface area contributed by atoms with Crippen molar-refractivity contribution in [2.75, 3.05) is 19.0 Å². The van der Waals surface area contributed by atoms with E-state index in [9.17, 15) is 14.4 Å². The molecule has 1 amide bonds. The molecule has 156 valence electrons. The minimum absolute atomic E-state index is 0.110. The molecule has 0 unspecified atom stereocenters. The van der Waals surface area contributed by atoms with Gasteiger partial charge in [-0.3, -0.25) is 4.79 Å². The number of esters is 2. The van der Waals surface area contributed by atoms with Crippen LogP contribution >= 0.6 is 0 Å². The molecule has 0 radical (unpaired) electrons. The molecule has 0 fully saturated rings. The molecule has 0 bridgehead atoms. The summed E-state index contributed by atoms with van der Waals surface area (Å²) in [6.07, 6.45) is -0.283. The monoisotopic (exact) mass is 402 g/mol. The van der Waals surface area contributed by atoms with E-state index in [0.29, 0.717) is 28.3 Å². The fraction of sp³-hybridized carbons (Fsp3) is 0.381. The second kappa shape index (κ2) is 9.27. The zero-order chi connectivity index (χ0) is 21.7. The summed E-state index contributed by atoms with van der Waals surface area (Å²) in [6, 6.07) is 5.34. The van der Waals surface area contributed by atoms with Gasteiger partial charge in [-0.25, -0.2) is 9.59 Å². The summed E-state index contributed by atoms with van der Waals surface area (Å²) in [7, 11) is 1.50. The van der Waals surface area contributed by atoms with Crippen LogP contribution < -0.4 is 10.1 Å². The molecule has 0 aliphatic rings. The fourth-order valence-corrected chi connectivity index (χ4v) is 2.84. The maximum absolute atomic E-state index is 12.4. The van der Waals surface area contributed by atoms with Crippen molar-refractivity contribution in [1.82, 2.24) is 4.98 Å². The molecular formula is C21H26N2O6. The maximum atomic E-state index is 12.4. The van der Waals surface area contributed by atoms with Gasteiger partial charge in [0, 0.05) is 5.69 Å². The van der Waals surface area contributed by atoms with Crippen LogP contribution in [-0.2, 0) is 14.3 Å². The van der Waals surface area contributed by atoms with Crippen molar-refractivity contribution in [3.05, 3.63) is 46.3 Å². The van der Waals surface area contributed by atoms with Crippen molar-refractivity contribution in [2.45, 2.75) is 40.7 Å². The van der Waals surface area contributed by atoms with E-state index in [4.69, 9.17) is 14.2 Å². The van der Waals surface area contributed by atoms with Crippen LogP contribution in [0.4, 0.5) is 5.69 Å². The number of benzene rings is 1. The Morgan fingerprint density at radius 3 is 2.41 bits per heavy atom. The average molecular weight is 402 g/mol. The van der Waals surface area contributed by atoms with Crippen molar-refractivity contribution in [3.63, 3.8) is 0 Å². The molecule has 0 aliphatic carbocycles. The van der Waals surface area contributed by atoms with Crippen LogP contribution in [0.3, 0.4) is 0 Å². The van der Waals surface area contributed by atoms with Crippen molar-refractivity contribution in [2.24, 2.45) is 0 Å². The quantitative estimate of drug-likeness (QED) is 0.688. The maximum Gasteiger partial charge on any atom is 0.355 e. The van der Waals surface area contributed by atoms with E-state index < -0.39 is 24.5 Å². The molecule has 2 N–H and O–H groups in total. The minimum atomic E-state index is -0.736. The van der Waals surface area contributed by atoms with Crippen LogP contribution in [0.25, 0.3) is 0 Å². The Morgan fingerprint density at radius 1 is 1.10 bits per heavy atom. The van der Waals surface area contributed by atoms with E-state index in [1.807, 2.05) is 13.0 Å². The average Bonchev–Trinajstić information content (AvgIpc) is 2.93. The molecule has 1 aromatic heterocycles. The van der Waals surface area contributed by atoms with Crippen LogP contribution in [-0.4, -0.2) is 42.7 Å². The predicted octanol–water partition coefficient (Wildman–Crippen LogP) is 3.31. The predicted molar refractivity (Wildman–Crippen MR) is 107 cm³/mol. The summed E-state index contributed by atoms with van der Waals surface area (Å²) in [6.45, 7) is 8.16. The normalized spacial score (nSPS) is 10.6. The highest BCUT2D eigenvalue weighted by atomic mass is 16.5. The third-order valence-electron chi connectivity index (χ3n) is 4.15. The number of amides is 1. The SMILES string of the molecule is COc1ccc(C)cc1NC(=O)COC(=O)c1[nH]c(C)c(C(=O)OC(C)C)c1C. The summed E-state index contributed by atoms with van der Waals surface area (Å²) in [5.41, 5.74) is 2.74. The molecule has 0 saturated heterocycles. The topological polar surface area (TPSA) is 107 Å². The number of aryl methyl sites for hydroxylation is 2. The number of H-pyrrole nitrogens is 1. The van der Waals surface area contributed by atoms with E-state index >= 15 is 0 Å². The Bertz CT molecular complexity index is 929. The van der Waals surface area contributed by atoms with Gasteiger partial charge in [0.1, 0.15) is 11.4 Å². The fourth-order valence-electron chi connectivity index (χ4n) is 2.84. The number of hydrogen-bond acceptors (Lipinski definition) is 6. The Labute approximate surface area is 169 Å². The van der Waals surface area contributed by atoms with Crippen LogP contribution in [0.15, 0.2) is 18.2 Å². The van der Waals surface area contributed by atoms with Gasteiger partial charge in [-0.1, -0.05) is 6.07 Å². The van der Waals surface area contributed by atoms with Crippen molar-refractivity contribution < 1.29 is 28.6 Å². The lowest BCUT2D eigenvalue weighted by Crippen LogP contribution is -2.21. The van der Waals surface area contributed by atoms with E-state index in [0.717, 1.165) is 5.56 Å². The molecule has 2 aromatic rings. The Morgan fingerprint density at radius 2 is 1.79 bits per heavy atom. The number of carbonyl (C=O) groups excluding carboxylic acids is 3. The molecular weight excluding hydrogens is 376 g/mol. The van der Waals surface area contributed by atoms with Crippen LogP contribution in [0.1, 0.15) is 51.5 Å². The van der Waals surface area contributed by atoms with Gasteiger partial charge in [-0.05, 0) is 57.9 Å². The van der Waals surface area contributed by atoms with Crippen molar-refractivity contribution >= 4 is 23.5 Å². The smallest absolute Gasteiger partial charge is 0.355 e. The zero-order valence-corrected chi connectivity index (χ0v) is 17.5. The van der Waals surface area contributed by atoms with Crippen LogP contribution in [0.2, 0.25) is 0 Å². The molecule has 0 atom stereocenters. The zero-order valence-electron chi connectivity index (χ0n) is 17.5. The second-order valence-electron chi connectivity index (χ2n) is 6.91. The molecule has 8 nitrogen and oxygen atoms in total. The molecule has 1 aromatic carbocycles. The van der Waals surface area contributed by atoms with Crippen molar-refractivity contribution in [3.8, 4) is 5.75 Å². The number of aromatic amines is 1. The van der Waals surface area contributed by atoms with Gasteiger partial charge in [0.05, 0.1) is 24.5 Å². The molecule has 0 spiro atoms. The summed E-state index contributed by atoms with van der Waals surface area (Å²) in [4.78, 5) is 39.6. The number of aromatic nitrogens is 1. The van der Waals surface area contributed by atoms with E-state index in [1.165, 1.54) is 7.11 Å². The third kappa shape index (κ3) is 5.37. The Hall–Kier alpha value is -3.29. The first-order chi connectivity index (χ1) is 13.6. The van der Waals surface area contributed by atoms with E-state index in [1.54, 1.807) is 39.8 Å². The minimum Gasteiger partial charge on any atom is -0.495 e. The first-order valence-corrected chi connectivity index (χ1v) is 9.15. The molecule has 8 heteroatoms. The van der Waals surface area contributed by atoms with Gasteiger partial charge in [-0.2, -0.15) is 0 Å². The largest absolute Gasteiger partial charge is 0.495 e. The summed E-state index contributed by atoms with van der Waals surface area (Å²) in [5.74, 6) is -1.27. The Kier molecular flexibility index (Phi) is 7.03. The lowest BCUT2D eigenvalue weighted by molar-refractivity contribution is -0.119. The first-order valence-electron chi connectivity index (χ1n) is 9.15. The number of carbonyl (C=O) groups is 3. The standard InChI is InChI=1S/C21H26N2O6/c1-11(2)29-20(25)18-13(4)19(22-14(18)5)21(26)28-10-17(24)23-15-9-12(3)7-8-16(15)27-6/h7-9,11,22H,10H2,1-6H3,(H,23,24). The van der Waals surface area contributed by atoms with E-state index in [-0.39, 0.29) is 11.8 Å². The number of methoxy groups -OCH3 is 1. The second-order valence-corrected chi connectivity index (χ2v) is 6.91. The first kappa shape index (κ1) is 22.0. The number of nitrogens with one attached hydrogen (secondary N) is 2. The van der Waals surface area contributed by atoms with Crippen LogP contribution in [0.5, 0.6) is 5.75 Å². The Balaban J connectivity index is 2.05. The third-order valence-corrected chi connectivity index (χ3v) is 4.15. The highest BCUT2D eigenvalue weighted by Crippen LogP contribution is 2.25. The molecule has 0 aliphatic heterocycles.